The normalized spacial score (nSPS) is 17.1. The van der Waals surface area contributed by atoms with Gasteiger partial charge < -0.3 is 20.1 Å². The van der Waals surface area contributed by atoms with Crippen LogP contribution in [-0.4, -0.2) is 57.8 Å². The van der Waals surface area contributed by atoms with Crippen molar-refractivity contribution in [3.05, 3.63) is 91.5 Å². The van der Waals surface area contributed by atoms with Gasteiger partial charge in [-0.05, 0) is 80.1 Å². The average molecular weight is 625 g/mol. The van der Waals surface area contributed by atoms with E-state index in [0.29, 0.717) is 17.1 Å². The quantitative estimate of drug-likeness (QED) is 0.248. The molecule has 1 aliphatic carbocycles. The maximum atomic E-state index is 13.3. The lowest BCUT2D eigenvalue weighted by Gasteiger charge is -2.38. The Balaban J connectivity index is 1.23. The van der Waals surface area contributed by atoms with Crippen molar-refractivity contribution in [1.82, 2.24) is 19.4 Å². The second-order valence-corrected chi connectivity index (χ2v) is 13.1. The van der Waals surface area contributed by atoms with Crippen molar-refractivity contribution in [2.45, 2.75) is 52.0 Å². The summed E-state index contributed by atoms with van der Waals surface area (Å²) >= 11 is 1.61. The first kappa shape index (κ1) is 30.7. The minimum Gasteiger partial charge on any atom is -0.343 e. The molecule has 234 valence electrons. The van der Waals surface area contributed by atoms with Crippen LogP contribution in [-0.2, 0) is 24.7 Å². The zero-order valence-electron chi connectivity index (χ0n) is 26.4. The summed E-state index contributed by atoms with van der Waals surface area (Å²) < 4.78 is 1.51. The highest BCUT2D eigenvalue weighted by Crippen LogP contribution is 2.32. The van der Waals surface area contributed by atoms with Crippen LogP contribution < -0.4 is 16.2 Å². The van der Waals surface area contributed by atoms with Crippen LogP contribution in [0.15, 0.2) is 59.5 Å². The number of carbonyl (C=O) groups is 2. The Morgan fingerprint density at radius 3 is 2.58 bits per heavy atom. The fourth-order valence-corrected chi connectivity index (χ4v) is 7.44. The molecule has 2 amide bonds. The van der Waals surface area contributed by atoms with Crippen LogP contribution in [0.1, 0.15) is 63.5 Å². The SMILES string of the molecule is CCN1CCN(C)C(=O)C1c1ccc(Nc2nc(-c3cccc(NC(=O)c4cc5c(s4)CCCCC5)c3C)cn(C)c2=O)cc1. The van der Waals surface area contributed by atoms with Crippen LogP contribution in [0, 0.1) is 6.92 Å². The van der Waals surface area contributed by atoms with E-state index >= 15 is 0 Å². The molecular formula is C35H40N6O3S. The molecule has 10 heteroatoms. The van der Waals surface area contributed by atoms with E-state index in [1.165, 1.54) is 34.3 Å². The van der Waals surface area contributed by atoms with E-state index in [2.05, 4.69) is 28.5 Å². The number of nitrogens with zero attached hydrogens (tertiary/aromatic N) is 4. The summed E-state index contributed by atoms with van der Waals surface area (Å²) in [6.07, 6.45) is 7.41. The highest BCUT2D eigenvalue weighted by molar-refractivity contribution is 7.14. The Hall–Kier alpha value is -4.28. The minimum atomic E-state index is -0.317. The summed E-state index contributed by atoms with van der Waals surface area (Å²) in [5.74, 6) is 0.183. The Morgan fingerprint density at radius 1 is 1.02 bits per heavy atom. The molecule has 0 radical (unpaired) electrons. The predicted molar refractivity (Wildman–Crippen MR) is 181 cm³/mol. The summed E-state index contributed by atoms with van der Waals surface area (Å²) in [5.41, 5.74) is 5.69. The number of piperazine rings is 1. The zero-order chi connectivity index (χ0) is 31.7. The molecule has 0 saturated carbocycles. The van der Waals surface area contributed by atoms with E-state index in [4.69, 9.17) is 4.98 Å². The molecule has 3 heterocycles. The highest BCUT2D eigenvalue weighted by Gasteiger charge is 2.33. The van der Waals surface area contributed by atoms with Crippen molar-refractivity contribution in [2.75, 3.05) is 37.3 Å². The molecular weight excluding hydrogens is 584 g/mol. The van der Waals surface area contributed by atoms with Gasteiger partial charge in [0.05, 0.1) is 10.6 Å². The first-order chi connectivity index (χ1) is 21.7. The smallest absolute Gasteiger partial charge is 0.293 e. The number of anilines is 3. The summed E-state index contributed by atoms with van der Waals surface area (Å²) in [5, 5.41) is 6.31. The molecule has 2 N–H and O–H groups in total. The van der Waals surface area contributed by atoms with Gasteiger partial charge in [-0.1, -0.05) is 37.6 Å². The van der Waals surface area contributed by atoms with Gasteiger partial charge in [0.2, 0.25) is 5.91 Å². The summed E-state index contributed by atoms with van der Waals surface area (Å²) in [6, 6.07) is 15.1. The molecule has 1 atom stereocenters. The van der Waals surface area contributed by atoms with E-state index in [1.807, 2.05) is 56.4 Å². The van der Waals surface area contributed by atoms with E-state index in [0.717, 1.165) is 54.0 Å². The molecule has 45 heavy (non-hydrogen) atoms. The number of hydrogen-bond acceptors (Lipinski definition) is 7. The zero-order valence-corrected chi connectivity index (χ0v) is 27.2. The predicted octanol–water partition coefficient (Wildman–Crippen LogP) is 5.92. The van der Waals surface area contributed by atoms with Crippen LogP contribution in [0.25, 0.3) is 11.3 Å². The number of aryl methyl sites for hydroxylation is 3. The van der Waals surface area contributed by atoms with Crippen molar-refractivity contribution in [2.24, 2.45) is 7.05 Å². The molecule has 1 fully saturated rings. The molecule has 6 rings (SSSR count). The lowest BCUT2D eigenvalue weighted by molar-refractivity contribution is -0.140. The maximum absolute atomic E-state index is 13.3. The van der Waals surface area contributed by atoms with Crippen molar-refractivity contribution < 1.29 is 9.59 Å². The summed E-state index contributed by atoms with van der Waals surface area (Å²) in [6.45, 7) is 6.36. The van der Waals surface area contributed by atoms with Crippen molar-refractivity contribution >= 4 is 40.3 Å². The molecule has 4 aromatic rings. The standard InChI is InChI=1S/C35H40N6O3S/c1-5-41-19-18-39(3)34(43)31(41)23-14-16-25(17-15-23)36-32-35(44)40(4)21-28(37-32)26-11-9-12-27(22(26)2)38-33(42)30-20-24-10-7-6-8-13-29(24)45-30/h9,11-12,14-17,20-21,31H,5-8,10,13,18-19H2,1-4H3,(H,36,37)(H,38,42). The number of carbonyl (C=O) groups excluding carboxylic acids is 2. The molecule has 1 aliphatic heterocycles. The Bertz CT molecular complexity index is 1770. The molecule has 1 unspecified atom stereocenters. The van der Waals surface area contributed by atoms with E-state index in [1.54, 1.807) is 29.5 Å². The molecule has 2 aliphatic rings. The fourth-order valence-electron chi connectivity index (χ4n) is 6.29. The lowest BCUT2D eigenvalue weighted by atomic mass is 10.0. The van der Waals surface area contributed by atoms with Gasteiger partial charge in [0.1, 0.15) is 6.04 Å². The molecule has 0 spiro atoms. The van der Waals surface area contributed by atoms with Crippen molar-refractivity contribution in [3.8, 4) is 11.3 Å². The van der Waals surface area contributed by atoms with Crippen LogP contribution in [0.5, 0.6) is 0 Å². The van der Waals surface area contributed by atoms with Crippen molar-refractivity contribution in [1.29, 1.82) is 0 Å². The van der Waals surface area contributed by atoms with Gasteiger partial charge in [-0.3, -0.25) is 19.3 Å². The number of aromatic nitrogens is 2. The molecule has 2 aromatic heterocycles. The fraction of sp³-hybridized carbons (Fsp3) is 0.371. The van der Waals surface area contributed by atoms with Crippen LogP contribution in [0.3, 0.4) is 0 Å². The number of benzene rings is 2. The van der Waals surface area contributed by atoms with Gasteiger partial charge in [0.25, 0.3) is 11.5 Å². The van der Waals surface area contributed by atoms with E-state index in [9.17, 15) is 14.4 Å². The largest absolute Gasteiger partial charge is 0.343 e. The van der Waals surface area contributed by atoms with Gasteiger partial charge in [-0.25, -0.2) is 4.98 Å². The number of thiophene rings is 1. The third kappa shape index (κ3) is 6.30. The number of hydrogen-bond donors (Lipinski definition) is 2. The summed E-state index contributed by atoms with van der Waals surface area (Å²) in [4.78, 5) is 50.1. The van der Waals surface area contributed by atoms with Gasteiger partial charge in [0.15, 0.2) is 5.82 Å². The third-order valence-corrected chi connectivity index (χ3v) is 10.2. The minimum absolute atomic E-state index is 0.0887. The number of amides is 2. The van der Waals surface area contributed by atoms with Crippen LogP contribution in [0.4, 0.5) is 17.2 Å². The number of rotatable bonds is 7. The van der Waals surface area contributed by atoms with Gasteiger partial charge in [0, 0.05) is 55.2 Å². The van der Waals surface area contributed by atoms with E-state index < -0.39 is 0 Å². The van der Waals surface area contributed by atoms with Gasteiger partial charge in [-0.15, -0.1) is 11.3 Å². The third-order valence-electron chi connectivity index (χ3n) is 8.99. The topological polar surface area (TPSA) is 99.6 Å². The molecule has 2 aromatic carbocycles. The lowest BCUT2D eigenvalue weighted by Crippen LogP contribution is -2.50. The van der Waals surface area contributed by atoms with Crippen molar-refractivity contribution in [3.63, 3.8) is 0 Å². The van der Waals surface area contributed by atoms with Crippen LogP contribution in [0.2, 0.25) is 0 Å². The number of likely N-dealkylation sites (N-methyl/N-ethyl adjacent to an activating group) is 2. The maximum Gasteiger partial charge on any atom is 0.293 e. The Labute approximate surface area is 267 Å². The number of fused-ring (bicyclic) bond motifs is 1. The molecule has 0 bridgehead atoms. The number of nitrogens with one attached hydrogen (secondary N) is 2. The Kier molecular flexibility index (Phi) is 8.87. The van der Waals surface area contributed by atoms with Gasteiger partial charge in [-0.2, -0.15) is 0 Å². The second-order valence-electron chi connectivity index (χ2n) is 12.0. The molecule has 9 nitrogen and oxygen atoms in total. The van der Waals surface area contributed by atoms with Crippen LogP contribution >= 0.6 is 11.3 Å². The molecule has 1 saturated heterocycles. The first-order valence-electron chi connectivity index (χ1n) is 15.7. The Morgan fingerprint density at radius 2 is 1.80 bits per heavy atom. The summed E-state index contributed by atoms with van der Waals surface area (Å²) in [7, 11) is 3.54. The monoisotopic (exact) mass is 624 g/mol. The average Bonchev–Trinajstić information content (AvgIpc) is 3.32. The first-order valence-corrected chi connectivity index (χ1v) is 16.5. The highest BCUT2D eigenvalue weighted by atomic mass is 32.1. The second kappa shape index (κ2) is 13.0. The van der Waals surface area contributed by atoms with E-state index in [-0.39, 0.29) is 29.2 Å². The van der Waals surface area contributed by atoms with Gasteiger partial charge >= 0.3 is 0 Å².